The maximum Gasteiger partial charge on any atom is 0.251 e. The van der Waals surface area contributed by atoms with Gasteiger partial charge in [0.25, 0.3) is 5.91 Å². The van der Waals surface area contributed by atoms with Gasteiger partial charge in [0.1, 0.15) is 5.82 Å². The molecule has 0 atom stereocenters. The van der Waals surface area contributed by atoms with E-state index in [1.165, 1.54) is 5.56 Å². The Morgan fingerprint density at radius 1 is 0.931 bits per heavy atom. The Labute approximate surface area is 171 Å². The van der Waals surface area contributed by atoms with Crippen LogP contribution >= 0.6 is 0 Å². The number of hydrogen-bond acceptors (Lipinski definition) is 2. The second kappa shape index (κ2) is 8.74. The molecule has 0 saturated carbocycles. The lowest BCUT2D eigenvalue weighted by Gasteiger charge is -2.11. The number of rotatable bonds is 7. The Morgan fingerprint density at radius 2 is 1.66 bits per heavy atom. The van der Waals surface area contributed by atoms with Crippen LogP contribution in [0.2, 0.25) is 0 Å². The van der Waals surface area contributed by atoms with Crippen molar-refractivity contribution in [2.24, 2.45) is 0 Å². The number of carbonyl (C=O) groups excluding carboxylic acids is 1. The van der Waals surface area contributed by atoms with E-state index in [2.05, 4.69) is 40.2 Å². The lowest BCUT2D eigenvalue weighted by molar-refractivity contribution is 0.0949. The van der Waals surface area contributed by atoms with Gasteiger partial charge in [-0.25, -0.2) is 4.98 Å². The highest BCUT2D eigenvalue weighted by Gasteiger charge is 2.13. The summed E-state index contributed by atoms with van der Waals surface area (Å²) in [5.41, 5.74) is 5.10. The van der Waals surface area contributed by atoms with Crippen LogP contribution in [0.3, 0.4) is 0 Å². The molecule has 0 fully saturated rings. The SMILES string of the molecule is Cc1ccccc1C(=O)NCc1nc2ccccc2n1CCCc1ccccc1. The zero-order chi connectivity index (χ0) is 20.1. The second-order valence-electron chi connectivity index (χ2n) is 7.26. The van der Waals surface area contributed by atoms with Crippen molar-refractivity contribution in [1.82, 2.24) is 14.9 Å². The average molecular weight is 383 g/mol. The lowest BCUT2D eigenvalue weighted by atomic mass is 10.1. The van der Waals surface area contributed by atoms with Crippen molar-refractivity contribution in [3.63, 3.8) is 0 Å². The quantitative estimate of drug-likeness (QED) is 0.493. The summed E-state index contributed by atoms with van der Waals surface area (Å²) < 4.78 is 2.23. The number of nitrogens with one attached hydrogen (secondary N) is 1. The van der Waals surface area contributed by atoms with Crippen molar-refractivity contribution in [2.45, 2.75) is 32.9 Å². The number of fused-ring (bicyclic) bond motifs is 1. The molecule has 0 aliphatic rings. The van der Waals surface area contributed by atoms with Crippen LogP contribution in [0.5, 0.6) is 0 Å². The van der Waals surface area contributed by atoms with Crippen LogP contribution in [0.4, 0.5) is 0 Å². The van der Waals surface area contributed by atoms with Gasteiger partial charge in [0.15, 0.2) is 0 Å². The van der Waals surface area contributed by atoms with Gasteiger partial charge >= 0.3 is 0 Å². The molecule has 0 aliphatic heterocycles. The summed E-state index contributed by atoms with van der Waals surface area (Å²) in [6, 6.07) is 26.3. The van der Waals surface area contributed by atoms with Gasteiger partial charge in [0, 0.05) is 12.1 Å². The van der Waals surface area contributed by atoms with Gasteiger partial charge in [-0.05, 0) is 49.1 Å². The predicted octanol–water partition coefficient (Wildman–Crippen LogP) is 4.91. The molecule has 0 aliphatic carbocycles. The molecule has 4 rings (SSSR count). The van der Waals surface area contributed by atoms with Gasteiger partial charge < -0.3 is 9.88 Å². The first-order valence-electron chi connectivity index (χ1n) is 10.0. The zero-order valence-corrected chi connectivity index (χ0v) is 16.6. The standard InChI is InChI=1S/C25H25N3O/c1-19-10-5-6-14-21(19)25(29)26-18-24-27-22-15-7-8-16-23(22)28(24)17-9-13-20-11-3-2-4-12-20/h2-8,10-12,14-16H,9,13,17-18H2,1H3,(H,26,29). The minimum atomic E-state index is -0.0639. The topological polar surface area (TPSA) is 46.9 Å². The fraction of sp³-hybridized carbons (Fsp3) is 0.200. The molecule has 4 aromatic rings. The lowest BCUT2D eigenvalue weighted by Crippen LogP contribution is -2.25. The Balaban J connectivity index is 1.50. The van der Waals surface area contributed by atoms with Crippen molar-refractivity contribution in [1.29, 1.82) is 0 Å². The summed E-state index contributed by atoms with van der Waals surface area (Å²) in [6.07, 6.45) is 2.03. The fourth-order valence-electron chi connectivity index (χ4n) is 3.68. The van der Waals surface area contributed by atoms with Crippen molar-refractivity contribution in [2.75, 3.05) is 0 Å². The third-order valence-electron chi connectivity index (χ3n) is 5.22. The van der Waals surface area contributed by atoms with Crippen molar-refractivity contribution in [3.05, 3.63) is 101 Å². The number of hydrogen-bond donors (Lipinski definition) is 1. The van der Waals surface area contributed by atoms with Gasteiger partial charge in [0.05, 0.1) is 17.6 Å². The number of nitrogens with zero attached hydrogens (tertiary/aromatic N) is 2. The number of carbonyl (C=O) groups is 1. The molecule has 1 aromatic heterocycles. The Kier molecular flexibility index (Phi) is 5.71. The molecule has 1 amide bonds. The second-order valence-corrected chi connectivity index (χ2v) is 7.26. The van der Waals surface area contributed by atoms with Crippen molar-refractivity contribution in [3.8, 4) is 0 Å². The number of amides is 1. The van der Waals surface area contributed by atoms with Gasteiger partial charge in [-0.1, -0.05) is 60.7 Å². The van der Waals surface area contributed by atoms with E-state index in [9.17, 15) is 4.79 Å². The molecule has 0 saturated heterocycles. The molecule has 29 heavy (non-hydrogen) atoms. The van der Waals surface area contributed by atoms with E-state index in [0.717, 1.165) is 41.8 Å². The van der Waals surface area contributed by atoms with Gasteiger partial charge in [-0.2, -0.15) is 0 Å². The smallest absolute Gasteiger partial charge is 0.251 e. The Hall–Kier alpha value is -3.40. The Bertz CT molecular complexity index is 1120. The summed E-state index contributed by atoms with van der Waals surface area (Å²) >= 11 is 0. The molecule has 146 valence electrons. The predicted molar refractivity (Wildman–Crippen MR) is 117 cm³/mol. The first kappa shape index (κ1) is 18.9. The molecule has 4 nitrogen and oxygen atoms in total. The van der Waals surface area contributed by atoms with E-state index >= 15 is 0 Å². The van der Waals surface area contributed by atoms with E-state index in [-0.39, 0.29) is 5.91 Å². The van der Waals surface area contributed by atoms with E-state index in [0.29, 0.717) is 12.1 Å². The van der Waals surface area contributed by atoms with Crippen LogP contribution in [0.1, 0.15) is 33.7 Å². The third kappa shape index (κ3) is 4.37. The molecule has 3 aromatic carbocycles. The largest absolute Gasteiger partial charge is 0.345 e. The highest BCUT2D eigenvalue weighted by atomic mass is 16.1. The van der Waals surface area contributed by atoms with Gasteiger partial charge in [-0.15, -0.1) is 0 Å². The van der Waals surface area contributed by atoms with E-state index in [4.69, 9.17) is 4.98 Å². The van der Waals surface area contributed by atoms with Crippen LogP contribution < -0.4 is 5.32 Å². The van der Waals surface area contributed by atoms with Crippen LogP contribution in [0, 0.1) is 6.92 Å². The highest BCUT2D eigenvalue weighted by Crippen LogP contribution is 2.18. The fourth-order valence-corrected chi connectivity index (χ4v) is 3.68. The summed E-state index contributed by atoms with van der Waals surface area (Å²) in [5, 5.41) is 3.04. The number of aromatic nitrogens is 2. The molecule has 0 bridgehead atoms. The molecular weight excluding hydrogens is 358 g/mol. The molecular formula is C25H25N3O. The summed E-state index contributed by atoms with van der Waals surface area (Å²) in [4.78, 5) is 17.4. The first-order valence-corrected chi connectivity index (χ1v) is 10.0. The Morgan fingerprint density at radius 3 is 2.48 bits per heavy atom. The van der Waals surface area contributed by atoms with Crippen LogP contribution in [0.15, 0.2) is 78.9 Å². The summed E-state index contributed by atoms with van der Waals surface area (Å²) in [7, 11) is 0. The molecule has 1 heterocycles. The molecule has 0 unspecified atom stereocenters. The molecule has 1 N–H and O–H groups in total. The normalized spacial score (nSPS) is 10.9. The number of benzene rings is 3. The minimum absolute atomic E-state index is 0.0639. The minimum Gasteiger partial charge on any atom is -0.345 e. The summed E-state index contributed by atoms with van der Waals surface area (Å²) in [5.74, 6) is 0.826. The van der Waals surface area contributed by atoms with Crippen molar-refractivity contribution < 1.29 is 4.79 Å². The number of imidazole rings is 1. The highest BCUT2D eigenvalue weighted by molar-refractivity contribution is 5.95. The van der Waals surface area contributed by atoms with Crippen molar-refractivity contribution >= 4 is 16.9 Å². The van der Waals surface area contributed by atoms with Gasteiger partial charge in [0.2, 0.25) is 0 Å². The summed E-state index contributed by atoms with van der Waals surface area (Å²) in [6.45, 7) is 3.23. The maximum absolute atomic E-state index is 12.6. The average Bonchev–Trinajstić information content (AvgIpc) is 3.11. The molecule has 0 spiro atoms. The van der Waals surface area contributed by atoms with E-state index in [1.54, 1.807) is 0 Å². The first-order chi connectivity index (χ1) is 14.2. The van der Waals surface area contributed by atoms with Crippen LogP contribution in [0.25, 0.3) is 11.0 Å². The zero-order valence-electron chi connectivity index (χ0n) is 16.6. The van der Waals surface area contributed by atoms with E-state index < -0.39 is 0 Å². The van der Waals surface area contributed by atoms with E-state index in [1.807, 2.05) is 55.5 Å². The third-order valence-corrected chi connectivity index (χ3v) is 5.22. The maximum atomic E-state index is 12.6. The van der Waals surface area contributed by atoms with Crippen LogP contribution in [-0.4, -0.2) is 15.5 Å². The molecule has 0 radical (unpaired) electrons. The van der Waals surface area contributed by atoms with Crippen LogP contribution in [-0.2, 0) is 19.5 Å². The van der Waals surface area contributed by atoms with Gasteiger partial charge in [-0.3, -0.25) is 4.79 Å². The molecule has 4 heteroatoms. The monoisotopic (exact) mass is 383 g/mol. The number of aryl methyl sites for hydroxylation is 3. The number of para-hydroxylation sites is 2.